The fourth-order valence-electron chi connectivity index (χ4n) is 2.80. The summed E-state index contributed by atoms with van der Waals surface area (Å²) in [6.45, 7) is 2.93. The summed E-state index contributed by atoms with van der Waals surface area (Å²) in [6, 6.07) is 6.72. The maximum Gasteiger partial charge on any atom is 0.161 e. The van der Waals surface area contributed by atoms with E-state index < -0.39 is 0 Å². The highest BCUT2D eigenvalue weighted by atomic mass is 16.6. The summed E-state index contributed by atoms with van der Waals surface area (Å²) in [5, 5.41) is 0. The number of ether oxygens (including phenoxy) is 2. The van der Waals surface area contributed by atoms with Crippen LogP contribution in [0.3, 0.4) is 0 Å². The van der Waals surface area contributed by atoms with Gasteiger partial charge < -0.3 is 15.2 Å². The Morgan fingerprint density at radius 1 is 1.26 bits per heavy atom. The molecule has 0 spiro atoms. The number of likely N-dealkylation sites (N-methyl/N-ethyl adjacent to an activating group) is 1. The van der Waals surface area contributed by atoms with E-state index in [1.54, 1.807) is 0 Å². The van der Waals surface area contributed by atoms with Crippen molar-refractivity contribution in [3.8, 4) is 11.5 Å². The molecule has 0 saturated heterocycles. The van der Waals surface area contributed by atoms with Gasteiger partial charge in [0.15, 0.2) is 11.5 Å². The molecule has 3 rings (SSSR count). The van der Waals surface area contributed by atoms with Crippen LogP contribution in [0.25, 0.3) is 0 Å². The van der Waals surface area contributed by atoms with Crippen LogP contribution in [-0.2, 0) is 6.54 Å². The van der Waals surface area contributed by atoms with Gasteiger partial charge in [-0.05, 0) is 43.5 Å². The van der Waals surface area contributed by atoms with Gasteiger partial charge in [-0.1, -0.05) is 6.07 Å². The third-order valence-corrected chi connectivity index (χ3v) is 4.01. The van der Waals surface area contributed by atoms with Crippen LogP contribution in [0, 0.1) is 5.92 Å². The van der Waals surface area contributed by atoms with Crippen molar-refractivity contribution in [2.75, 3.05) is 26.8 Å². The molecule has 0 aromatic heterocycles. The minimum Gasteiger partial charge on any atom is -0.486 e. The van der Waals surface area contributed by atoms with Crippen LogP contribution in [0.15, 0.2) is 18.2 Å². The third-order valence-electron chi connectivity index (χ3n) is 4.01. The van der Waals surface area contributed by atoms with Gasteiger partial charge in [-0.15, -0.1) is 0 Å². The van der Waals surface area contributed by atoms with Crippen molar-refractivity contribution in [2.24, 2.45) is 11.7 Å². The molecule has 0 radical (unpaired) electrons. The molecule has 19 heavy (non-hydrogen) atoms. The van der Waals surface area contributed by atoms with Gasteiger partial charge >= 0.3 is 0 Å². The molecule has 1 aliphatic heterocycles. The van der Waals surface area contributed by atoms with E-state index in [4.69, 9.17) is 15.2 Å². The quantitative estimate of drug-likeness (QED) is 0.876. The lowest BCUT2D eigenvalue weighted by molar-refractivity contribution is 0.170. The molecule has 1 aromatic carbocycles. The molecule has 104 valence electrons. The van der Waals surface area contributed by atoms with Crippen molar-refractivity contribution in [3.05, 3.63) is 23.8 Å². The highest BCUT2D eigenvalue weighted by Gasteiger charge is 2.32. The smallest absolute Gasteiger partial charge is 0.161 e. The Bertz CT molecular complexity index is 446. The molecule has 1 aliphatic carbocycles. The molecule has 1 heterocycles. The third kappa shape index (κ3) is 2.85. The van der Waals surface area contributed by atoms with Gasteiger partial charge in [-0.25, -0.2) is 0 Å². The zero-order valence-electron chi connectivity index (χ0n) is 11.5. The Balaban J connectivity index is 1.68. The van der Waals surface area contributed by atoms with Crippen molar-refractivity contribution in [3.63, 3.8) is 0 Å². The molecule has 1 fully saturated rings. The number of rotatable bonds is 5. The predicted molar refractivity (Wildman–Crippen MR) is 74.5 cm³/mol. The van der Waals surface area contributed by atoms with E-state index in [2.05, 4.69) is 24.1 Å². The van der Waals surface area contributed by atoms with E-state index in [1.165, 1.54) is 18.4 Å². The normalized spacial score (nSPS) is 19.5. The van der Waals surface area contributed by atoms with Gasteiger partial charge in [0.25, 0.3) is 0 Å². The standard InChI is InChI=1S/C15H22N2O2/c1-17(13(9-16)12-3-4-12)10-11-2-5-14-15(8-11)19-7-6-18-14/h2,5,8,12-13H,3-4,6-7,9-10,16H2,1H3. The Morgan fingerprint density at radius 3 is 2.68 bits per heavy atom. The monoisotopic (exact) mass is 262 g/mol. The van der Waals surface area contributed by atoms with E-state index in [-0.39, 0.29) is 0 Å². The van der Waals surface area contributed by atoms with Crippen molar-refractivity contribution >= 4 is 0 Å². The molecule has 2 aliphatic rings. The summed E-state index contributed by atoms with van der Waals surface area (Å²) < 4.78 is 11.2. The number of fused-ring (bicyclic) bond motifs is 1. The van der Waals surface area contributed by atoms with Crippen molar-refractivity contribution in [2.45, 2.75) is 25.4 Å². The first kappa shape index (κ1) is 12.8. The molecule has 1 unspecified atom stereocenters. The van der Waals surface area contributed by atoms with E-state index in [1.807, 2.05) is 6.07 Å². The number of nitrogens with zero attached hydrogens (tertiary/aromatic N) is 1. The van der Waals surface area contributed by atoms with Crippen LogP contribution in [0.2, 0.25) is 0 Å². The molecule has 1 aromatic rings. The van der Waals surface area contributed by atoms with Crippen LogP contribution < -0.4 is 15.2 Å². The first-order valence-corrected chi connectivity index (χ1v) is 7.07. The fraction of sp³-hybridized carbons (Fsp3) is 0.600. The molecular weight excluding hydrogens is 240 g/mol. The highest BCUT2D eigenvalue weighted by molar-refractivity contribution is 5.43. The number of benzene rings is 1. The molecule has 2 N–H and O–H groups in total. The second-order valence-corrected chi connectivity index (χ2v) is 5.53. The lowest BCUT2D eigenvalue weighted by Gasteiger charge is -2.27. The summed E-state index contributed by atoms with van der Waals surface area (Å²) in [5.74, 6) is 2.52. The number of hydrogen-bond acceptors (Lipinski definition) is 4. The fourth-order valence-corrected chi connectivity index (χ4v) is 2.80. The zero-order chi connectivity index (χ0) is 13.2. The zero-order valence-corrected chi connectivity index (χ0v) is 11.5. The molecule has 1 atom stereocenters. The van der Waals surface area contributed by atoms with Crippen LogP contribution in [0.4, 0.5) is 0 Å². The molecule has 1 saturated carbocycles. The summed E-state index contributed by atoms with van der Waals surface area (Å²) in [4.78, 5) is 2.36. The maximum atomic E-state index is 5.89. The van der Waals surface area contributed by atoms with Crippen LogP contribution >= 0.6 is 0 Å². The van der Waals surface area contributed by atoms with Crippen LogP contribution in [0.5, 0.6) is 11.5 Å². The van der Waals surface area contributed by atoms with Gasteiger partial charge in [-0.2, -0.15) is 0 Å². The highest BCUT2D eigenvalue weighted by Crippen LogP contribution is 2.35. The molecule has 4 heteroatoms. The Hall–Kier alpha value is -1.26. The summed E-state index contributed by atoms with van der Waals surface area (Å²) in [6.07, 6.45) is 2.65. The average Bonchev–Trinajstić information content (AvgIpc) is 3.24. The van der Waals surface area contributed by atoms with Crippen LogP contribution in [-0.4, -0.2) is 37.7 Å². The van der Waals surface area contributed by atoms with Crippen molar-refractivity contribution < 1.29 is 9.47 Å². The number of nitrogens with two attached hydrogens (primary N) is 1. The van der Waals surface area contributed by atoms with Crippen molar-refractivity contribution in [1.29, 1.82) is 0 Å². The minimum absolute atomic E-state index is 0.508. The number of hydrogen-bond donors (Lipinski definition) is 1. The summed E-state index contributed by atoms with van der Waals surface area (Å²) in [5.41, 5.74) is 7.15. The Morgan fingerprint density at radius 2 is 2.00 bits per heavy atom. The largest absolute Gasteiger partial charge is 0.486 e. The van der Waals surface area contributed by atoms with Crippen LogP contribution in [0.1, 0.15) is 18.4 Å². The summed E-state index contributed by atoms with van der Waals surface area (Å²) >= 11 is 0. The molecule has 0 bridgehead atoms. The molecule has 0 amide bonds. The Labute approximate surface area is 114 Å². The second kappa shape index (κ2) is 5.39. The maximum absolute atomic E-state index is 5.89. The van der Waals surface area contributed by atoms with E-state index in [0.29, 0.717) is 19.3 Å². The van der Waals surface area contributed by atoms with E-state index >= 15 is 0 Å². The van der Waals surface area contributed by atoms with Gasteiger partial charge in [0.05, 0.1) is 0 Å². The van der Waals surface area contributed by atoms with Gasteiger partial charge in [-0.3, -0.25) is 4.90 Å². The van der Waals surface area contributed by atoms with Gasteiger partial charge in [0, 0.05) is 19.1 Å². The van der Waals surface area contributed by atoms with Gasteiger partial charge in [0.2, 0.25) is 0 Å². The molecule has 4 nitrogen and oxygen atoms in total. The second-order valence-electron chi connectivity index (χ2n) is 5.53. The van der Waals surface area contributed by atoms with Crippen molar-refractivity contribution in [1.82, 2.24) is 4.90 Å². The minimum atomic E-state index is 0.508. The first-order chi connectivity index (χ1) is 9.28. The first-order valence-electron chi connectivity index (χ1n) is 7.07. The lowest BCUT2D eigenvalue weighted by atomic mass is 10.1. The van der Waals surface area contributed by atoms with Gasteiger partial charge in [0.1, 0.15) is 13.2 Å². The average molecular weight is 262 g/mol. The predicted octanol–water partition coefficient (Wildman–Crippen LogP) is 1.63. The summed E-state index contributed by atoms with van der Waals surface area (Å²) in [7, 11) is 2.16. The van der Waals surface area contributed by atoms with E-state index in [9.17, 15) is 0 Å². The Kier molecular flexibility index (Phi) is 3.62. The molecular formula is C15H22N2O2. The lowest BCUT2D eigenvalue weighted by Crippen LogP contribution is -2.39. The topological polar surface area (TPSA) is 47.7 Å². The SMILES string of the molecule is CN(Cc1ccc2c(c1)OCCO2)C(CN)C1CC1. The van der Waals surface area contributed by atoms with E-state index in [0.717, 1.165) is 30.5 Å².